The van der Waals surface area contributed by atoms with Gasteiger partial charge in [0.1, 0.15) is 22.3 Å². The van der Waals surface area contributed by atoms with Crippen LogP contribution in [0.4, 0.5) is 0 Å². The summed E-state index contributed by atoms with van der Waals surface area (Å²) in [5, 5.41) is 4.42. The second-order valence-electron chi connectivity index (χ2n) is 5.33. The van der Waals surface area contributed by atoms with Crippen molar-refractivity contribution in [1.29, 1.82) is 0 Å². The van der Waals surface area contributed by atoms with Crippen LogP contribution in [-0.2, 0) is 0 Å². The molecule has 0 bridgehead atoms. The molecule has 0 radical (unpaired) electrons. The van der Waals surface area contributed by atoms with Crippen molar-refractivity contribution in [3.63, 3.8) is 0 Å². The second kappa shape index (κ2) is 4.37. The number of halogens is 2. The third-order valence-electron chi connectivity index (χ3n) is 3.99. The Hall–Kier alpha value is -1.78. The monoisotopic (exact) mass is 414 g/mol. The van der Waals surface area contributed by atoms with E-state index < -0.39 is 0 Å². The molecule has 0 saturated carbocycles. The van der Waals surface area contributed by atoms with Crippen molar-refractivity contribution in [2.24, 2.45) is 0 Å². The van der Waals surface area contributed by atoms with Crippen LogP contribution in [0.15, 0.2) is 66.3 Å². The van der Waals surface area contributed by atoms with E-state index in [1.54, 1.807) is 0 Å². The van der Waals surface area contributed by atoms with E-state index in [2.05, 4.69) is 50.1 Å². The standard InChI is InChI=1S/C18H8Br2O2/c19-9-1-3-15-11(5-9)13-7-14-12-6-10(20)2-4-16(12)22-18(14)8-17(13)21-15/h1-8H. The molecule has 0 fully saturated rings. The Balaban J connectivity index is 2.00. The first-order valence-corrected chi connectivity index (χ1v) is 8.41. The lowest BCUT2D eigenvalue weighted by Gasteiger charge is -1.93. The van der Waals surface area contributed by atoms with Gasteiger partial charge in [0.15, 0.2) is 0 Å². The van der Waals surface area contributed by atoms with Gasteiger partial charge in [0, 0.05) is 36.6 Å². The maximum Gasteiger partial charge on any atom is 0.139 e. The fourth-order valence-corrected chi connectivity index (χ4v) is 3.71. The van der Waals surface area contributed by atoms with Gasteiger partial charge in [0.2, 0.25) is 0 Å². The Kier molecular flexibility index (Phi) is 2.53. The zero-order valence-corrected chi connectivity index (χ0v) is 14.4. The van der Waals surface area contributed by atoms with E-state index in [-0.39, 0.29) is 0 Å². The van der Waals surface area contributed by atoms with E-state index in [1.165, 1.54) is 0 Å². The molecule has 0 aliphatic rings. The van der Waals surface area contributed by atoms with Crippen molar-refractivity contribution in [1.82, 2.24) is 0 Å². The molecule has 0 atom stereocenters. The minimum absolute atomic E-state index is 0.846. The van der Waals surface area contributed by atoms with Crippen molar-refractivity contribution in [3.8, 4) is 0 Å². The highest BCUT2D eigenvalue weighted by molar-refractivity contribution is 9.10. The minimum atomic E-state index is 0.846. The molecule has 0 aliphatic heterocycles. The van der Waals surface area contributed by atoms with Gasteiger partial charge >= 0.3 is 0 Å². The summed E-state index contributed by atoms with van der Waals surface area (Å²) in [6.45, 7) is 0. The molecule has 4 heteroatoms. The van der Waals surface area contributed by atoms with E-state index in [4.69, 9.17) is 8.83 Å². The lowest BCUT2D eigenvalue weighted by molar-refractivity contribution is 0.656. The lowest BCUT2D eigenvalue weighted by Crippen LogP contribution is -1.70. The van der Waals surface area contributed by atoms with Gasteiger partial charge in [0.05, 0.1) is 0 Å². The molecule has 5 rings (SSSR count). The van der Waals surface area contributed by atoms with Crippen molar-refractivity contribution in [2.45, 2.75) is 0 Å². The number of hydrogen-bond acceptors (Lipinski definition) is 2. The maximum absolute atomic E-state index is 5.95. The molecule has 0 unspecified atom stereocenters. The van der Waals surface area contributed by atoms with Gasteiger partial charge in [-0.1, -0.05) is 31.9 Å². The van der Waals surface area contributed by atoms with Crippen LogP contribution in [0.25, 0.3) is 43.9 Å². The maximum atomic E-state index is 5.95. The predicted octanol–water partition coefficient (Wildman–Crippen LogP) is 7.01. The van der Waals surface area contributed by atoms with Gasteiger partial charge < -0.3 is 8.83 Å². The lowest BCUT2D eigenvalue weighted by atomic mass is 10.1. The molecule has 22 heavy (non-hydrogen) atoms. The summed E-state index contributed by atoms with van der Waals surface area (Å²) in [5.74, 6) is 0. The molecule has 0 amide bonds. The quantitative estimate of drug-likeness (QED) is 0.272. The largest absolute Gasteiger partial charge is 0.456 e. The van der Waals surface area contributed by atoms with E-state index in [9.17, 15) is 0 Å². The third-order valence-corrected chi connectivity index (χ3v) is 4.97. The van der Waals surface area contributed by atoms with Crippen LogP contribution in [0.5, 0.6) is 0 Å². The fourth-order valence-electron chi connectivity index (χ4n) is 2.99. The first-order chi connectivity index (χ1) is 10.7. The Labute approximate surface area is 141 Å². The van der Waals surface area contributed by atoms with Gasteiger partial charge in [0.25, 0.3) is 0 Å². The van der Waals surface area contributed by atoms with E-state index >= 15 is 0 Å². The molecule has 2 aromatic heterocycles. The molecule has 106 valence electrons. The van der Waals surface area contributed by atoms with Crippen molar-refractivity contribution in [2.75, 3.05) is 0 Å². The molecular formula is C18H8Br2O2. The molecule has 0 aliphatic carbocycles. The molecule has 2 heterocycles. The highest BCUT2D eigenvalue weighted by Crippen LogP contribution is 2.37. The van der Waals surface area contributed by atoms with Gasteiger partial charge in [-0.05, 0) is 42.5 Å². The fraction of sp³-hybridized carbons (Fsp3) is 0. The number of rotatable bonds is 0. The van der Waals surface area contributed by atoms with Crippen molar-refractivity contribution < 1.29 is 8.83 Å². The summed E-state index contributed by atoms with van der Waals surface area (Å²) >= 11 is 7.06. The van der Waals surface area contributed by atoms with Gasteiger partial charge in [-0.15, -0.1) is 0 Å². The van der Waals surface area contributed by atoms with Crippen LogP contribution in [0.1, 0.15) is 0 Å². The highest BCUT2D eigenvalue weighted by atomic mass is 79.9. The second-order valence-corrected chi connectivity index (χ2v) is 7.16. The summed E-state index contributed by atoms with van der Waals surface area (Å²) in [6.07, 6.45) is 0. The van der Waals surface area contributed by atoms with E-state index in [1.807, 2.05) is 30.3 Å². The molecule has 0 saturated heterocycles. The Bertz CT molecular complexity index is 1110. The average Bonchev–Trinajstić information content (AvgIpc) is 3.02. The molecule has 2 nitrogen and oxygen atoms in total. The number of fused-ring (bicyclic) bond motifs is 6. The average molecular weight is 416 g/mol. The molecule has 0 spiro atoms. The number of hydrogen-bond donors (Lipinski definition) is 0. The molecule has 3 aromatic carbocycles. The number of benzene rings is 3. The van der Waals surface area contributed by atoms with Crippen LogP contribution in [0, 0.1) is 0 Å². The summed E-state index contributed by atoms with van der Waals surface area (Å²) < 4.78 is 14.0. The predicted molar refractivity (Wildman–Crippen MR) is 96.4 cm³/mol. The SMILES string of the molecule is Brc1ccc2oc3cc4oc5ccc(Br)cc5c4cc3c2c1. The zero-order valence-electron chi connectivity index (χ0n) is 11.2. The zero-order chi connectivity index (χ0) is 14.8. The molecule has 0 N–H and O–H groups in total. The van der Waals surface area contributed by atoms with Gasteiger partial charge in [-0.2, -0.15) is 0 Å². The van der Waals surface area contributed by atoms with Gasteiger partial charge in [-0.3, -0.25) is 0 Å². The normalized spacial score (nSPS) is 12.1. The summed E-state index contributed by atoms with van der Waals surface area (Å²) in [5.41, 5.74) is 3.46. The first-order valence-electron chi connectivity index (χ1n) is 6.83. The Morgan fingerprint density at radius 2 is 0.955 bits per heavy atom. The van der Waals surface area contributed by atoms with Crippen LogP contribution < -0.4 is 0 Å². The summed E-state index contributed by atoms with van der Waals surface area (Å²) in [4.78, 5) is 0. The Morgan fingerprint density at radius 3 is 1.45 bits per heavy atom. The van der Waals surface area contributed by atoms with Gasteiger partial charge in [-0.25, -0.2) is 0 Å². The first kappa shape index (κ1) is 12.7. The van der Waals surface area contributed by atoms with Crippen molar-refractivity contribution in [3.05, 3.63) is 57.5 Å². The molecule has 5 aromatic rings. The van der Waals surface area contributed by atoms with Crippen LogP contribution >= 0.6 is 31.9 Å². The van der Waals surface area contributed by atoms with Crippen LogP contribution in [0.2, 0.25) is 0 Å². The topological polar surface area (TPSA) is 26.3 Å². The van der Waals surface area contributed by atoms with Crippen LogP contribution in [-0.4, -0.2) is 0 Å². The van der Waals surface area contributed by atoms with Crippen molar-refractivity contribution >= 4 is 75.7 Å². The summed E-state index contributed by atoms with van der Waals surface area (Å²) in [7, 11) is 0. The third kappa shape index (κ3) is 1.71. The smallest absolute Gasteiger partial charge is 0.139 e. The summed E-state index contributed by atoms with van der Waals surface area (Å²) in [6, 6.07) is 16.2. The minimum Gasteiger partial charge on any atom is -0.456 e. The van der Waals surface area contributed by atoms with Crippen LogP contribution in [0.3, 0.4) is 0 Å². The molecular weight excluding hydrogens is 408 g/mol. The Morgan fingerprint density at radius 1 is 0.500 bits per heavy atom. The van der Waals surface area contributed by atoms with E-state index in [0.29, 0.717) is 0 Å². The highest BCUT2D eigenvalue weighted by Gasteiger charge is 2.13. The van der Waals surface area contributed by atoms with E-state index in [0.717, 1.165) is 52.8 Å². The number of furan rings is 2.